The van der Waals surface area contributed by atoms with E-state index in [9.17, 15) is 0 Å². The molecule has 0 radical (unpaired) electrons. The summed E-state index contributed by atoms with van der Waals surface area (Å²) in [5.74, 6) is 0.553. The van der Waals surface area contributed by atoms with Crippen LogP contribution in [-0.4, -0.2) is 4.98 Å². The monoisotopic (exact) mass is 209 g/mol. The zero-order valence-electron chi connectivity index (χ0n) is 9.62. The van der Waals surface area contributed by atoms with Gasteiger partial charge in [-0.15, -0.1) is 0 Å². The Kier molecular flexibility index (Phi) is 2.00. The van der Waals surface area contributed by atoms with Crippen LogP contribution in [-0.2, 0) is 0 Å². The molecular formula is C15H15N. The molecule has 0 bridgehead atoms. The molecule has 1 aromatic heterocycles. The van der Waals surface area contributed by atoms with Crippen LogP contribution < -0.4 is 0 Å². The van der Waals surface area contributed by atoms with Crippen LogP contribution >= 0.6 is 0 Å². The van der Waals surface area contributed by atoms with Crippen LogP contribution in [0.2, 0.25) is 0 Å². The van der Waals surface area contributed by atoms with Crippen molar-refractivity contribution >= 4 is 21.7 Å². The zero-order valence-corrected chi connectivity index (χ0v) is 9.62. The number of hydrogen-bond donors (Lipinski definition) is 1. The van der Waals surface area contributed by atoms with Gasteiger partial charge in [0.05, 0.1) is 0 Å². The minimum atomic E-state index is 0.553. The number of aromatic amines is 1. The predicted molar refractivity (Wildman–Crippen MR) is 69.9 cm³/mol. The second-order valence-corrected chi connectivity index (χ2v) is 4.60. The van der Waals surface area contributed by atoms with Gasteiger partial charge in [0.25, 0.3) is 0 Å². The van der Waals surface area contributed by atoms with Crippen LogP contribution in [0.5, 0.6) is 0 Å². The fourth-order valence-corrected chi connectivity index (χ4v) is 2.42. The van der Waals surface area contributed by atoms with Gasteiger partial charge in [-0.05, 0) is 34.4 Å². The lowest BCUT2D eigenvalue weighted by Crippen LogP contribution is -1.90. The van der Waals surface area contributed by atoms with Gasteiger partial charge in [0.15, 0.2) is 0 Å². The molecule has 1 nitrogen and oxygen atoms in total. The van der Waals surface area contributed by atoms with Crippen molar-refractivity contribution in [1.82, 2.24) is 4.98 Å². The quantitative estimate of drug-likeness (QED) is 0.609. The molecule has 0 atom stereocenters. The Bertz CT molecular complexity index is 647. The van der Waals surface area contributed by atoms with Crippen LogP contribution in [0.15, 0.2) is 42.6 Å². The van der Waals surface area contributed by atoms with Gasteiger partial charge in [-0.2, -0.15) is 0 Å². The van der Waals surface area contributed by atoms with E-state index in [1.54, 1.807) is 0 Å². The van der Waals surface area contributed by atoms with Gasteiger partial charge in [-0.1, -0.05) is 38.1 Å². The van der Waals surface area contributed by atoms with Crippen LogP contribution in [0, 0.1) is 0 Å². The Balaban J connectivity index is 2.55. The van der Waals surface area contributed by atoms with Crippen LogP contribution in [0.25, 0.3) is 21.7 Å². The number of H-pyrrole nitrogens is 1. The van der Waals surface area contributed by atoms with E-state index in [0.29, 0.717) is 5.92 Å². The smallest absolute Gasteiger partial charge is 0.0463 e. The highest BCUT2D eigenvalue weighted by atomic mass is 14.7. The third-order valence-electron chi connectivity index (χ3n) is 3.23. The normalized spacial score (nSPS) is 11.7. The van der Waals surface area contributed by atoms with Crippen molar-refractivity contribution in [2.45, 2.75) is 19.8 Å². The van der Waals surface area contributed by atoms with Crippen molar-refractivity contribution in [3.05, 3.63) is 48.2 Å². The maximum atomic E-state index is 3.31. The number of benzene rings is 2. The van der Waals surface area contributed by atoms with Crippen molar-refractivity contribution in [2.75, 3.05) is 0 Å². The first-order valence-corrected chi connectivity index (χ1v) is 5.76. The first-order chi connectivity index (χ1) is 7.77. The van der Waals surface area contributed by atoms with Crippen molar-refractivity contribution in [3.8, 4) is 0 Å². The summed E-state index contributed by atoms with van der Waals surface area (Å²) in [4.78, 5) is 3.31. The van der Waals surface area contributed by atoms with Gasteiger partial charge >= 0.3 is 0 Å². The molecule has 0 fully saturated rings. The SMILES string of the molecule is CC(C)c1cc2[nH]ccc2c2ccccc12. The molecule has 0 saturated heterocycles. The number of fused-ring (bicyclic) bond motifs is 3. The number of aromatic nitrogens is 1. The van der Waals surface area contributed by atoms with E-state index < -0.39 is 0 Å². The summed E-state index contributed by atoms with van der Waals surface area (Å²) in [7, 11) is 0. The number of hydrogen-bond acceptors (Lipinski definition) is 0. The summed E-state index contributed by atoms with van der Waals surface area (Å²) in [5, 5.41) is 4.05. The van der Waals surface area contributed by atoms with E-state index in [1.165, 1.54) is 27.2 Å². The fraction of sp³-hybridized carbons (Fsp3) is 0.200. The Hall–Kier alpha value is -1.76. The maximum Gasteiger partial charge on any atom is 0.0463 e. The molecule has 3 rings (SSSR count). The average molecular weight is 209 g/mol. The first-order valence-electron chi connectivity index (χ1n) is 5.76. The van der Waals surface area contributed by atoms with Crippen LogP contribution in [0.1, 0.15) is 25.3 Å². The van der Waals surface area contributed by atoms with Crippen molar-refractivity contribution in [1.29, 1.82) is 0 Å². The van der Waals surface area contributed by atoms with Gasteiger partial charge < -0.3 is 4.98 Å². The summed E-state index contributed by atoms with van der Waals surface area (Å²) in [5.41, 5.74) is 2.66. The summed E-state index contributed by atoms with van der Waals surface area (Å²) < 4.78 is 0. The second-order valence-electron chi connectivity index (χ2n) is 4.60. The molecule has 0 saturated carbocycles. The minimum absolute atomic E-state index is 0.553. The standard InChI is InChI=1S/C15H15N/c1-10(2)14-9-15-13(7-8-16-15)11-5-3-4-6-12(11)14/h3-10,16H,1-2H3. The van der Waals surface area contributed by atoms with Crippen LogP contribution in [0.4, 0.5) is 0 Å². The minimum Gasteiger partial charge on any atom is -0.361 e. The van der Waals surface area contributed by atoms with Gasteiger partial charge in [-0.25, -0.2) is 0 Å². The molecule has 2 aromatic carbocycles. The molecule has 0 amide bonds. The predicted octanol–water partition coefficient (Wildman–Crippen LogP) is 4.44. The largest absolute Gasteiger partial charge is 0.361 e. The summed E-state index contributed by atoms with van der Waals surface area (Å²) in [6, 6.07) is 13.1. The lowest BCUT2D eigenvalue weighted by molar-refractivity contribution is 0.877. The number of nitrogens with one attached hydrogen (secondary N) is 1. The summed E-state index contributed by atoms with van der Waals surface area (Å²) in [6.45, 7) is 4.49. The highest BCUT2D eigenvalue weighted by Gasteiger charge is 2.08. The van der Waals surface area contributed by atoms with Crippen molar-refractivity contribution < 1.29 is 0 Å². The van der Waals surface area contributed by atoms with E-state index in [1.807, 2.05) is 6.20 Å². The van der Waals surface area contributed by atoms with E-state index >= 15 is 0 Å². The molecule has 0 unspecified atom stereocenters. The van der Waals surface area contributed by atoms with Gasteiger partial charge in [-0.3, -0.25) is 0 Å². The molecule has 0 aliphatic rings. The Morgan fingerprint density at radius 1 is 0.938 bits per heavy atom. The van der Waals surface area contributed by atoms with Crippen LogP contribution in [0.3, 0.4) is 0 Å². The first kappa shape index (κ1) is 9.46. The summed E-state index contributed by atoms with van der Waals surface area (Å²) in [6.07, 6.45) is 2.02. The molecule has 0 aliphatic carbocycles. The third kappa shape index (κ3) is 1.25. The lowest BCUT2D eigenvalue weighted by Gasteiger charge is -2.11. The molecule has 16 heavy (non-hydrogen) atoms. The molecule has 3 aromatic rings. The topological polar surface area (TPSA) is 15.8 Å². The zero-order chi connectivity index (χ0) is 11.1. The number of rotatable bonds is 1. The van der Waals surface area contributed by atoms with Crippen molar-refractivity contribution in [3.63, 3.8) is 0 Å². The lowest BCUT2D eigenvalue weighted by atomic mass is 9.94. The van der Waals surface area contributed by atoms with Gasteiger partial charge in [0, 0.05) is 17.1 Å². The Labute approximate surface area is 95.1 Å². The van der Waals surface area contributed by atoms with E-state index in [4.69, 9.17) is 0 Å². The van der Waals surface area contributed by atoms with E-state index in [2.05, 4.69) is 55.2 Å². The molecule has 1 heterocycles. The van der Waals surface area contributed by atoms with Crippen molar-refractivity contribution in [2.24, 2.45) is 0 Å². The van der Waals surface area contributed by atoms with E-state index in [-0.39, 0.29) is 0 Å². The summed E-state index contributed by atoms with van der Waals surface area (Å²) >= 11 is 0. The molecule has 1 N–H and O–H groups in total. The highest BCUT2D eigenvalue weighted by Crippen LogP contribution is 2.31. The maximum absolute atomic E-state index is 3.31. The Morgan fingerprint density at radius 3 is 2.44 bits per heavy atom. The Morgan fingerprint density at radius 2 is 1.69 bits per heavy atom. The second kappa shape index (κ2) is 3.38. The van der Waals surface area contributed by atoms with E-state index in [0.717, 1.165) is 0 Å². The van der Waals surface area contributed by atoms with Gasteiger partial charge in [0.2, 0.25) is 0 Å². The molecular weight excluding hydrogens is 194 g/mol. The van der Waals surface area contributed by atoms with Gasteiger partial charge in [0.1, 0.15) is 0 Å². The molecule has 0 spiro atoms. The molecule has 80 valence electrons. The highest BCUT2D eigenvalue weighted by molar-refractivity contribution is 6.08. The average Bonchev–Trinajstić information content (AvgIpc) is 2.75. The molecule has 1 heteroatoms. The third-order valence-corrected chi connectivity index (χ3v) is 3.23. The fourth-order valence-electron chi connectivity index (χ4n) is 2.42. The molecule has 0 aliphatic heterocycles.